The zero-order valence-electron chi connectivity index (χ0n) is 9.70. The van der Waals surface area contributed by atoms with Gasteiger partial charge in [0.2, 0.25) is 0 Å². The van der Waals surface area contributed by atoms with Crippen molar-refractivity contribution in [2.45, 2.75) is 0 Å². The molecule has 4 rings (SSSR count). The maximum Gasteiger partial charge on any atom is 0.258 e. The lowest BCUT2D eigenvalue weighted by molar-refractivity contribution is 0.0879. The van der Waals surface area contributed by atoms with Gasteiger partial charge in [0.05, 0.1) is 11.1 Å². The third kappa shape index (κ3) is 1.99. The average molecular weight is 252 g/mol. The second-order valence-electron chi connectivity index (χ2n) is 3.91. The van der Waals surface area contributed by atoms with E-state index in [1.54, 1.807) is 24.3 Å². The summed E-state index contributed by atoms with van der Waals surface area (Å²) < 4.78 is 0. The van der Waals surface area contributed by atoms with Crippen LogP contribution in [0, 0.1) is 0 Å². The topological polar surface area (TPSA) is 83.2 Å². The zero-order valence-corrected chi connectivity index (χ0v) is 9.70. The van der Waals surface area contributed by atoms with Crippen LogP contribution in [0.5, 0.6) is 0 Å². The molecule has 2 amide bonds. The van der Waals surface area contributed by atoms with E-state index in [-0.39, 0.29) is 11.8 Å². The second-order valence-corrected chi connectivity index (χ2v) is 3.91. The molecule has 1 aliphatic carbocycles. The number of fused-ring (bicyclic) bond motifs is 2. The molecule has 0 fully saturated rings. The van der Waals surface area contributed by atoms with Crippen LogP contribution >= 0.6 is 0 Å². The van der Waals surface area contributed by atoms with Crippen LogP contribution in [0.1, 0.15) is 20.7 Å². The monoisotopic (exact) mass is 252 g/mol. The van der Waals surface area contributed by atoms with E-state index in [4.69, 9.17) is 0 Å². The number of carbonyl (C=O) groups excluding carboxylic acids is 2. The quantitative estimate of drug-likeness (QED) is 0.714. The maximum absolute atomic E-state index is 10.9. The SMILES string of the molecule is C1=CC2=NN=NC2=C1.O=C1NC(=O)c2ccccc21. The van der Waals surface area contributed by atoms with E-state index in [2.05, 4.69) is 20.8 Å². The van der Waals surface area contributed by atoms with Gasteiger partial charge in [-0.05, 0) is 29.5 Å². The third-order valence-electron chi connectivity index (χ3n) is 2.72. The van der Waals surface area contributed by atoms with Crippen LogP contribution in [0.4, 0.5) is 0 Å². The number of allylic oxidation sites excluding steroid dienone is 3. The Hall–Kier alpha value is -2.89. The van der Waals surface area contributed by atoms with E-state index < -0.39 is 0 Å². The highest BCUT2D eigenvalue weighted by Gasteiger charge is 2.25. The predicted octanol–water partition coefficient (Wildman–Crippen LogP) is 1.83. The minimum atomic E-state index is -0.300. The lowest BCUT2D eigenvalue weighted by atomic mass is 10.1. The van der Waals surface area contributed by atoms with Crippen molar-refractivity contribution in [3.63, 3.8) is 0 Å². The standard InChI is InChI=1S/C8H5NO2.C5H3N3/c10-7-5-3-1-2-4-6(5)8(11)9-7;1-2-4-5(3-1)7-8-6-4/h1-4H,(H,9,10,11);1-3H. The highest BCUT2D eigenvalue weighted by atomic mass is 16.2. The second kappa shape index (κ2) is 4.41. The number of amides is 2. The lowest BCUT2D eigenvalue weighted by Crippen LogP contribution is -2.19. The molecule has 6 nitrogen and oxygen atoms in total. The molecule has 0 spiro atoms. The molecular formula is C13H8N4O2. The van der Waals surface area contributed by atoms with Crippen molar-refractivity contribution in [3.05, 3.63) is 59.3 Å². The Kier molecular flexibility index (Phi) is 2.60. The summed E-state index contributed by atoms with van der Waals surface area (Å²) in [6.45, 7) is 0. The Morgan fingerprint density at radius 1 is 1.00 bits per heavy atom. The van der Waals surface area contributed by atoms with E-state index in [9.17, 15) is 9.59 Å². The van der Waals surface area contributed by atoms with Gasteiger partial charge in [-0.3, -0.25) is 14.9 Å². The van der Waals surface area contributed by atoms with Crippen molar-refractivity contribution >= 4 is 17.5 Å². The first-order valence-electron chi connectivity index (χ1n) is 5.58. The summed E-state index contributed by atoms with van der Waals surface area (Å²) in [5.74, 6) is -0.601. The van der Waals surface area contributed by atoms with Gasteiger partial charge in [0.1, 0.15) is 11.4 Å². The van der Waals surface area contributed by atoms with E-state index in [1.165, 1.54) is 0 Å². The van der Waals surface area contributed by atoms with E-state index >= 15 is 0 Å². The van der Waals surface area contributed by atoms with Gasteiger partial charge in [-0.15, -0.1) is 10.2 Å². The first-order chi connectivity index (χ1) is 9.25. The van der Waals surface area contributed by atoms with Gasteiger partial charge >= 0.3 is 0 Å². The highest BCUT2D eigenvalue weighted by Crippen LogP contribution is 2.15. The number of nitrogens with zero attached hydrogens (tertiary/aromatic N) is 3. The van der Waals surface area contributed by atoms with Crippen LogP contribution in [0.25, 0.3) is 0 Å². The van der Waals surface area contributed by atoms with Gasteiger partial charge in [-0.1, -0.05) is 18.2 Å². The van der Waals surface area contributed by atoms with Crippen molar-refractivity contribution in [1.82, 2.24) is 5.32 Å². The molecular weight excluding hydrogens is 244 g/mol. The number of rotatable bonds is 0. The fraction of sp³-hybridized carbons (Fsp3) is 0. The molecule has 19 heavy (non-hydrogen) atoms. The normalized spacial score (nSPS) is 17.3. The summed E-state index contributed by atoms with van der Waals surface area (Å²) in [5.41, 5.74) is 2.70. The van der Waals surface area contributed by atoms with E-state index in [1.807, 2.05) is 18.2 Å². The molecule has 1 aromatic rings. The molecule has 92 valence electrons. The molecule has 0 aromatic heterocycles. The first kappa shape index (κ1) is 11.2. The number of carbonyl (C=O) groups is 2. The first-order valence-corrected chi connectivity index (χ1v) is 5.58. The van der Waals surface area contributed by atoms with Crippen molar-refractivity contribution in [2.75, 3.05) is 0 Å². The molecule has 1 aromatic carbocycles. The van der Waals surface area contributed by atoms with Gasteiger partial charge in [-0.25, -0.2) is 0 Å². The molecule has 6 heteroatoms. The molecule has 0 saturated heterocycles. The Labute approximate surface area is 108 Å². The molecule has 2 aliphatic heterocycles. The highest BCUT2D eigenvalue weighted by molar-refractivity contribution is 6.21. The van der Waals surface area contributed by atoms with E-state index in [0.717, 1.165) is 11.4 Å². The molecule has 0 bridgehead atoms. The molecule has 0 saturated carbocycles. The third-order valence-corrected chi connectivity index (χ3v) is 2.72. The minimum absolute atomic E-state index is 0.300. The summed E-state index contributed by atoms with van der Waals surface area (Å²) in [4.78, 5) is 21.9. The van der Waals surface area contributed by atoms with Crippen molar-refractivity contribution in [2.24, 2.45) is 15.4 Å². The van der Waals surface area contributed by atoms with E-state index in [0.29, 0.717) is 11.1 Å². The Bertz CT molecular complexity index is 639. The number of benzene rings is 1. The maximum atomic E-state index is 10.9. The fourth-order valence-corrected chi connectivity index (χ4v) is 1.81. The molecule has 3 aliphatic rings. The number of hydrogen-bond acceptors (Lipinski definition) is 5. The fourth-order valence-electron chi connectivity index (χ4n) is 1.81. The Balaban J connectivity index is 0.000000122. The average Bonchev–Trinajstić information content (AvgIpc) is 3.07. The Morgan fingerprint density at radius 3 is 2.32 bits per heavy atom. The number of hydrogen-bond donors (Lipinski definition) is 1. The van der Waals surface area contributed by atoms with Gasteiger partial charge in [0.15, 0.2) is 0 Å². The van der Waals surface area contributed by atoms with Crippen LogP contribution < -0.4 is 5.32 Å². The van der Waals surface area contributed by atoms with Crippen LogP contribution in [0.3, 0.4) is 0 Å². The lowest BCUT2D eigenvalue weighted by Gasteiger charge is -1.88. The summed E-state index contributed by atoms with van der Waals surface area (Å²) in [5, 5.41) is 13.1. The number of imide groups is 1. The summed E-state index contributed by atoms with van der Waals surface area (Å²) >= 11 is 0. The van der Waals surface area contributed by atoms with Gasteiger partial charge < -0.3 is 0 Å². The smallest absolute Gasteiger partial charge is 0.258 e. The summed E-state index contributed by atoms with van der Waals surface area (Å²) in [6, 6.07) is 6.74. The molecule has 0 atom stereocenters. The summed E-state index contributed by atoms with van der Waals surface area (Å²) in [7, 11) is 0. The summed E-state index contributed by atoms with van der Waals surface area (Å²) in [6.07, 6.45) is 5.68. The molecule has 0 unspecified atom stereocenters. The van der Waals surface area contributed by atoms with Gasteiger partial charge in [0.25, 0.3) is 11.8 Å². The van der Waals surface area contributed by atoms with Crippen molar-refractivity contribution in [3.8, 4) is 0 Å². The Morgan fingerprint density at radius 2 is 1.68 bits per heavy atom. The van der Waals surface area contributed by atoms with Crippen LogP contribution in [-0.2, 0) is 0 Å². The molecule has 0 radical (unpaired) electrons. The van der Waals surface area contributed by atoms with Crippen LogP contribution in [0.15, 0.2) is 63.6 Å². The molecule has 1 N–H and O–H groups in total. The van der Waals surface area contributed by atoms with Crippen LogP contribution in [-0.4, -0.2) is 17.5 Å². The van der Waals surface area contributed by atoms with Gasteiger partial charge in [0, 0.05) is 0 Å². The van der Waals surface area contributed by atoms with Gasteiger partial charge in [-0.2, -0.15) is 0 Å². The van der Waals surface area contributed by atoms with Crippen LogP contribution in [0.2, 0.25) is 0 Å². The predicted molar refractivity (Wildman–Crippen MR) is 67.8 cm³/mol. The largest absolute Gasteiger partial charge is 0.288 e. The minimum Gasteiger partial charge on any atom is -0.288 e. The zero-order chi connectivity index (χ0) is 13.2. The molecule has 2 heterocycles. The number of nitrogens with one attached hydrogen (secondary N) is 1. The van der Waals surface area contributed by atoms with Crippen molar-refractivity contribution in [1.29, 1.82) is 0 Å². The van der Waals surface area contributed by atoms with Crippen molar-refractivity contribution < 1.29 is 9.59 Å².